The third-order valence-electron chi connectivity index (χ3n) is 6.09. The number of carbonyl (C=O) groups excluding carboxylic acids is 2. The molecule has 2 amide bonds. The Morgan fingerprint density at radius 1 is 0.917 bits per heavy atom. The molecule has 0 aliphatic carbocycles. The van der Waals surface area contributed by atoms with Gasteiger partial charge < -0.3 is 10.2 Å². The molecule has 0 unspecified atom stereocenters. The molecule has 0 spiro atoms. The Morgan fingerprint density at radius 3 is 2.19 bits per heavy atom. The van der Waals surface area contributed by atoms with Gasteiger partial charge in [-0.15, -0.1) is 0 Å². The molecule has 0 bridgehead atoms. The summed E-state index contributed by atoms with van der Waals surface area (Å²) < 4.78 is 26.6. The summed E-state index contributed by atoms with van der Waals surface area (Å²) in [7, 11) is -2.24. The third kappa shape index (κ3) is 6.95. The lowest BCUT2D eigenvalue weighted by Crippen LogP contribution is -2.53. The summed E-state index contributed by atoms with van der Waals surface area (Å²) in [5.41, 5.74) is 4.03. The Balaban J connectivity index is 2.04. The molecular weight excluding hydrogens is 474 g/mol. The van der Waals surface area contributed by atoms with Crippen molar-refractivity contribution in [1.82, 2.24) is 10.2 Å². The number of aryl methyl sites for hydroxylation is 2. The second-order valence-electron chi connectivity index (χ2n) is 8.88. The van der Waals surface area contributed by atoms with Crippen molar-refractivity contribution < 1.29 is 18.0 Å². The molecule has 0 aliphatic heterocycles. The van der Waals surface area contributed by atoms with Gasteiger partial charge in [-0.05, 0) is 48.2 Å². The van der Waals surface area contributed by atoms with Crippen LogP contribution in [-0.4, -0.2) is 51.0 Å². The first-order valence-electron chi connectivity index (χ1n) is 11.7. The van der Waals surface area contributed by atoms with E-state index >= 15 is 0 Å². The zero-order valence-electron chi connectivity index (χ0n) is 21.1. The van der Waals surface area contributed by atoms with Gasteiger partial charge in [-0.2, -0.15) is 0 Å². The van der Waals surface area contributed by atoms with Crippen LogP contribution < -0.4 is 9.62 Å². The summed E-state index contributed by atoms with van der Waals surface area (Å²) in [4.78, 5) is 28.5. The molecule has 0 fully saturated rings. The zero-order valence-corrected chi connectivity index (χ0v) is 22.0. The number of likely N-dealkylation sites (N-methyl/N-ethyl adjacent to an activating group) is 1. The van der Waals surface area contributed by atoms with Crippen molar-refractivity contribution in [2.45, 2.75) is 32.9 Å². The van der Waals surface area contributed by atoms with Gasteiger partial charge in [0.05, 0.1) is 11.9 Å². The van der Waals surface area contributed by atoms with Crippen molar-refractivity contribution in [3.8, 4) is 0 Å². The predicted octanol–water partition coefficient (Wildman–Crippen LogP) is 3.46. The van der Waals surface area contributed by atoms with Gasteiger partial charge in [0.2, 0.25) is 21.8 Å². The molecule has 1 N–H and O–H groups in total. The van der Waals surface area contributed by atoms with Gasteiger partial charge >= 0.3 is 0 Å². The second kappa shape index (κ2) is 11.9. The predicted molar refractivity (Wildman–Crippen MR) is 143 cm³/mol. The van der Waals surface area contributed by atoms with E-state index in [1.165, 1.54) is 11.9 Å². The van der Waals surface area contributed by atoms with E-state index in [0.717, 1.165) is 32.8 Å². The van der Waals surface area contributed by atoms with E-state index in [4.69, 9.17) is 0 Å². The van der Waals surface area contributed by atoms with Crippen LogP contribution in [0.1, 0.15) is 22.3 Å². The van der Waals surface area contributed by atoms with Crippen LogP contribution in [0.4, 0.5) is 5.69 Å². The van der Waals surface area contributed by atoms with Crippen molar-refractivity contribution in [1.29, 1.82) is 0 Å². The fraction of sp³-hybridized carbons (Fsp3) is 0.286. The standard InChI is InChI=1S/C28H33N3O4S/c1-21-11-10-16-25(17-21)31(36(4,34)35)20-27(32)30(19-24-15-9-8-12-22(24)2)26(28(33)29-3)18-23-13-6-5-7-14-23/h5-17,26H,18-20H2,1-4H3,(H,29,33)/t26-/m1/s1. The Kier molecular flexibility index (Phi) is 8.88. The maximum absolute atomic E-state index is 13.9. The summed E-state index contributed by atoms with van der Waals surface area (Å²) >= 11 is 0. The maximum atomic E-state index is 13.9. The van der Waals surface area contributed by atoms with Gasteiger partial charge in [-0.1, -0.05) is 66.7 Å². The van der Waals surface area contributed by atoms with Crippen LogP contribution in [0, 0.1) is 13.8 Å². The lowest BCUT2D eigenvalue weighted by Gasteiger charge is -2.33. The molecule has 7 nitrogen and oxygen atoms in total. The minimum absolute atomic E-state index is 0.168. The van der Waals surface area contributed by atoms with Crippen molar-refractivity contribution in [3.63, 3.8) is 0 Å². The maximum Gasteiger partial charge on any atom is 0.244 e. The quantitative estimate of drug-likeness (QED) is 0.455. The Labute approximate surface area is 213 Å². The first-order chi connectivity index (χ1) is 17.1. The first-order valence-corrected chi connectivity index (χ1v) is 13.6. The summed E-state index contributed by atoms with van der Waals surface area (Å²) in [5, 5.41) is 2.68. The van der Waals surface area contributed by atoms with Crippen molar-refractivity contribution in [2.75, 3.05) is 24.2 Å². The molecule has 3 rings (SSSR count). The summed E-state index contributed by atoms with van der Waals surface area (Å²) in [6.07, 6.45) is 1.37. The Bertz CT molecular complexity index is 1310. The number of rotatable bonds is 10. The first kappa shape index (κ1) is 26.9. The van der Waals surface area contributed by atoms with E-state index in [9.17, 15) is 18.0 Å². The highest BCUT2D eigenvalue weighted by Gasteiger charge is 2.32. The minimum atomic E-state index is -3.77. The van der Waals surface area contributed by atoms with Gasteiger partial charge in [0.25, 0.3) is 0 Å². The SMILES string of the molecule is CNC(=O)[C@@H](Cc1ccccc1)N(Cc1ccccc1C)C(=O)CN(c1cccc(C)c1)S(C)(=O)=O. The average Bonchev–Trinajstić information content (AvgIpc) is 2.85. The van der Waals surface area contributed by atoms with Crippen LogP contribution in [0.25, 0.3) is 0 Å². The molecule has 3 aromatic carbocycles. The zero-order chi connectivity index (χ0) is 26.3. The van der Waals surface area contributed by atoms with Gasteiger partial charge in [-0.25, -0.2) is 8.42 Å². The fourth-order valence-electron chi connectivity index (χ4n) is 4.09. The number of amides is 2. The molecule has 36 heavy (non-hydrogen) atoms. The Morgan fingerprint density at radius 2 is 1.58 bits per heavy atom. The molecule has 190 valence electrons. The molecule has 3 aromatic rings. The van der Waals surface area contributed by atoms with Gasteiger partial charge in [0.15, 0.2) is 0 Å². The topological polar surface area (TPSA) is 86.8 Å². The van der Waals surface area contributed by atoms with E-state index in [2.05, 4.69) is 5.32 Å². The number of nitrogens with zero attached hydrogens (tertiary/aromatic N) is 2. The van der Waals surface area contributed by atoms with E-state index in [1.807, 2.05) is 74.5 Å². The monoisotopic (exact) mass is 507 g/mol. The lowest BCUT2D eigenvalue weighted by atomic mass is 10.0. The van der Waals surface area contributed by atoms with Crippen LogP contribution in [0.3, 0.4) is 0 Å². The minimum Gasteiger partial charge on any atom is -0.357 e. The highest BCUT2D eigenvalue weighted by Crippen LogP contribution is 2.22. The van der Waals surface area contributed by atoms with E-state index in [1.54, 1.807) is 18.2 Å². The Hall–Kier alpha value is -3.65. The largest absolute Gasteiger partial charge is 0.357 e. The second-order valence-corrected chi connectivity index (χ2v) is 10.8. The molecule has 0 aliphatic rings. The number of sulfonamides is 1. The van der Waals surface area contributed by atoms with Crippen molar-refractivity contribution in [2.24, 2.45) is 0 Å². The molecule has 0 radical (unpaired) electrons. The smallest absolute Gasteiger partial charge is 0.244 e. The van der Waals surface area contributed by atoms with Crippen LogP contribution in [0.2, 0.25) is 0 Å². The third-order valence-corrected chi connectivity index (χ3v) is 7.23. The molecule has 0 saturated carbocycles. The molecule has 1 atom stereocenters. The summed E-state index contributed by atoms with van der Waals surface area (Å²) in [6, 6.07) is 23.3. The summed E-state index contributed by atoms with van der Waals surface area (Å²) in [6.45, 7) is 3.55. The highest BCUT2D eigenvalue weighted by atomic mass is 32.2. The molecule has 0 aromatic heterocycles. The van der Waals surface area contributed by atoms with Crippen LogP contribution in [0.5, 0.6) is 0 Å². The molecule has 0 saturated heterocycles. The van der Waals surface area contributed by atoms with Crippen LogP contribution in [-0.2, 0) is 32.6 Å². The van der Waals surface area contributed by atoms with Crippen molar-refractivity contribution >= 4 is 27.5 Å². The van der Waals surface area contributed by atoms with Crippen molar-refractivity contribution in [3.05, 3.63) is 101 Å². The number of hydrogen-bond acceptors (Lipinski definition) is 4. The summed E-state index contributed by atoms with van der Waals surface area (Å²) in [5.74, 6) is -0.781. The number of benzene rings is 3. The number of hydrogen-bond donors (Lipinski definition) is 1. The molecule has 8 heteroatoms. The van der Waals surface area contributed by atoms with Gasteiger partial charge in [0, 0.05) is 20.0 Å². The fourth-order valence-corrected chi connectivity index (χ4v) is 4.93. The molecule has 0 heterocycles. The van der Waals surface area contributed by atoms with E-state index in [-0.39, 0.29) is 12.5 Å². The molecular formula is C28H33N3O4S. The lowest BCUT2D eigenvalue weighted by molar-refractivity contribution is -0.139. The van der Waals surface area contributed by atoms with Gasteiger partial charge in [0.1, 0.15) is 12.6 Å². The normalized spacial score (nSPS) is 12.0. The van der Waals surface area contributed by atoms with Gasteiger partial charge in [-0.3, -0.25) is 13.9 Å². The van der Waals surface area contributed by atoms with Crippen LogP contribution in [0.15, 0.2) is 78.9 Å². The number of nitrogens with one attached hydrogen (secondary N) is 1. The van der Waals surface area contributed by atoms with Crippen LogP contribution >= 0.6 is 0 Å². The van der Waals surface area contributed by atoms with E-state index < -0.39 is 28.5 Å². The average molecular weight is 508 g/mol. The highest BCUT2D eigenvalue weighted by molar-refractivity contribution is 7.92. The van der Waals surface area contributed by atoms with E-state index in [0.29, 0.717) is 12.1 Å². The number of carbonyl (C=O) groups is 2. The number of anilines is 1.